The Morgan fingerprint density at radius 2 is 1.86 bits per heavy atom. The Balaban J connectivity index is 2.70. The molecule has 1 aromatic carbocycles. The van der Waals surface area contributed by atoms with Crippen molar-refractivity contribution in [1.29, 1.82) is 0 Å². The highest BCUT2D eigenvalue weighted by molar-refractivity contribution is 5.52. The lowest BCUT2D eigenvalue weighted by molar-refractivity contribution is 0.0950. The molecular formula is C11H15NO2. The van der Waals surface area contributed by atoms with Gasteiger partial charge in [0, 0.05) is 5.69 Å². The number of hydrogen-bond acceptors (Lipinski definition) is 3. The Hall–Kier alpha value is -1.64. The minimum atomic E-state index is 0.452. The zero-order valence-corrected chi connectivity index (χ0v) is 8.70. The number of para-hydroxylation sites is 1. The van der Waals surface area contributed by atoms with Crippen LogP contribution < -0.4 is 5.32 Å². The minimum Gasteiger partial charge on any atom is -0.468 e. The van der Waals surface area contributed by atoms with Crippen LogP contribution in [0.25, 0.3) is 0 Å². The van der Waals surface area contributed by atoms with Gasteiger partial charge in [0.1, 0.15) is 0 Å². The quantitative estimate of drug-likeness (QED) is 0.745. The lowest BCUT2D eigenvalue weighted by Crippen LogP contribution is -1.96. The van der Waals surface area contributed by atoms with E-state index in [-0.39, 0.29) is 0 Å². The summed E-state index contributed by atoms with van der Waals surface area (Å²) in [5.41, 5.74) is 2.22. The molecule has 0 radical (unpaired) electrons. The van der Waals surface area contributed by atoms with Crippen LogP contribution in [0.15, 0.2) is 36.4 Å². The highest BCUT2D eigenvalue weighted by Gasteiger charge is 1.95. The van der Waals surface area contributed by atoms with Gasteiger partial charge in [-0.2, -0.15) is 0 Å². The SMILES string of the molecule is COC(=CNc1ccccc1C)OC. The first-order valence-corrected chi connectivity index (χ1v) is 4.38. The van der Waals surface area contributed by atoms with Gasteiger partial charge >= 0.3 is 0 Å². The molecule has 0 heterocycles. The maximum atomic E-state index is 4.94. The predicted molar refractivity (Wildman–Crippen MR) is 56.9 cm³/mol. The molecule has 0 aliphatic carbocycles. The molecule has 1 aromatic rings. The van der Waals surface area contributed by atoms with Gasteiger partial charge in [-0.15, -0.1) is 0 Å². The summed E-state index contributed by atoms with van der Waals surface area (Å²) in [5, 5.41) is 3.10. The van der Waals surface area contributed by atoms with Gasteiger partial charge in [-0.05, 0) is 18.6 Å². The average Bonchev–Trinajstić information content (AvgIpc) is 2.22. The van der Waals surface area contributed by atoms with Crippen molar-refractivity contribution in [2.24, 2.45) is 0 Å². The maximum absolute atomic E-state index is 4.94. The first-order chi connectivity index (χ1) is 6.77. The molecule has 1 rings (SSSR count). The van der Waals surface area contributed by atoms with Gasteiger partial charge in [0.2, 0.25) is 0 Å². The zero-order valence-electron chi connectivity index (χ0n) is 8.70. The molecule has 1 N–H and O–H groups in total. The molecule has 76 valence electrons. The van der Waals surface area contributed by atoms with Crippen molar-refractivity contribution < 1.29 is 9.47 Å². The Kier molecular flexibility index (Phi) is 3.85. The third-order valence-electron chi connectivity index (χ3n) is 1.89. The van der Waals surface area contributed by atoms with Crippen LogP contribution in [0.5, 0.6) is 0 Å². The highest BCUT2D eigenvalue weighted by atomic mass is 16.7. The largest absolute Gasteiger partial charge is 0.468 e. The smallest absolute Gasteiger partial charge is 0.295 e. The normalized spacial score (nSPS) is 9.07. The molecule has 0 aliphatic rings. The molecule has 0 fully saturated rings. The number of rotatable bonds is 4. The molecule has 0 aliphatic heterocycles. The van der Waals surface area contributed by atoms with Crippen molar-refractivity contribution in [3.05, 3.63) is 42.0 Å². The van der Waals surface area contributed by atoms with Crippen molar-refractivity contribution in [2.75, 3.05) is 19.5 Å². The number of hydrogen-bond donors (Lipinski definition) is 1. The first-order valence-electron chi connectivity index (χ1n) is 4.38. The van der Waals surface area contributed by atoms with E-state index in [2.05, 4.69) is 5.32 Å². The van der Waals surface area contributed by atoms with E-state index in [0.717, 1.165) is 5.69 Å². The Morgan fingerprint density at radius 1 is 1.21 bits per heavy atom. The van der Waals surface area contributed by atoms with Crippen molar-refractivity contribution in [1.82, 2.24) is 0 Å². The number of ether oxygens (including phenoxy) is 2. The fraction of sp³-hybridized carbons (Fsp3) is 0.273. The second kappa shape index (κ2) is 5.17. The van der Waals surface area contributed by atoms with Crippen LogP contribution in [0.4, 0.5) is 5.69 Å². The van der Waals surface area contributed by atoms with E-state index in [1.165, 1.54) is 5.56 Å². The summed E-state index contributed by atoms with van der Waals surface area (Å²) in [5.74, 6) is 0.452. The number of anilines is 1. The summed E-state index contributed by atoms with van der Waals surface area (Å²) < 4.78 is 9.87. The van der Waals surface area contributed by atoms with Crippen molar-refractivity contribution in [3.8, 4) is 0 Å². The van der Waals surface area contributed by atoms with Gasteiger partial charge in [0.25, 0.3) is 5.95 Å². The fourth-order valence-electron chi connectivity index (χ4n) is 1.07. The molecule has 3 heteroatoms. The van der Waals surface area contributed by atoms with E-state index in [4.69, 9.17) is 9.47 Å². The van der Waals surface area contributed by atoms with E-state index in [9.17, 15) is 0 Å². The van der Waals surface area contributed by atoms with Gasteiger partial charge in [-0.3, -0.25) is 0 Å². The molecule has 0 saturated carbocycles. The van der Waals surface area contributed by atoms with Gasteiger partial charge in [-0.25, -0.2) is 0 Å². The lowest BCUT2D eigenvalue weighted by Gasteiger charge is -2.07. The molecule has 0 spiro atoms. The summed E-state index contributed by atoms with van der Waals surface area (Å²) in [7, 11) is 3.13. The van der Waals surface area contributed by atoms with Gasteiger partial charge in [0.05, 0.1) is 20.4 Å². The molecule has 0 unspecified atom stereocenters. The van der Waals surface area contributed by atoms with E-state index in [1.807, 2.05) is 31.2 Å². The van der Waals surface area contributed by atoms with E-state index < -0.39 is 0 Å². The highest BCUT2D eigenvalue weighted by Crippen LogP contribution is 2.13. The van der Waals surface area contributed by atoms with E-state index >= 15 is 0 Å². The van der Waals surface area contributed by atoms with Crippen LogP contribution in [0.3, 0.4) is 0 Å². The van der Waals surface area contributed by atoms with Gasteiger partial charge in [-0.1, -0.05) is 18.2 Å². The zero-order chi connectivity index (χ0) is 10.4. The van der Waals surface area contributed by atoms with Crippen LogP contribution >= 0.6 is 0 Å². The Labute approximate surface area is 84.3 Å². The number of aryl methyl sites for hydroxylation is 1. The molecule has 0 bridgehead atoms. The van der Waals surface area contributed by atoms with E-state index in [1.54, 1.807) is 20.4 Å². The summed E-state index contributed by atoms with van der Waals surface area (Å²) in [4.78, 5) is 0. The second-order valence-corrected chi connectivity index (χ2v) is 2.83. The molecule has 0 atom stereocenters. The molecule has 0 aromatic heterocycles. The lowest BCUT2D eigenvalue weighted by atomic mass is 10.2. The van der Waals surface area contributed by atoms with Crippen molar-refractivity contribution in [3.63, 3.8) is 0 Å². The number of benzene rings is 1. The average molecular weight is 193 g/mol. The van der Waals surface area contributed by atoms with Crippen LogP contribution in [-0.2, 0) is 9.47 Å². The van der Waals surface area contributed by atoms with Crippen molar-refractivity contribution in [2.45, 2.75) is 6.92 Å². The first kappa shape index (κ1) is 10.4. The summed E-state index contributed by atoms with van der Waals surface area (Å²) in [6, 6.07) is 8.00. The molecule has 0 amide bonds. The predicted octanol–water partition coefficient (Wildman–Crippen LogP) is 2.50. The molecular weight excluding hydrogens is 178 g/mol. The standard InChI is InChI=1S/C11H15NO2/c1-9-6-4-5-7-10(9)12-8-11(13-2)14-3/h4-8,12H,1-3H3. The summed E-state index contributed by atoms with van der Waals surface area (Å²) in [6.07, 6.45) is 1.68. The van der Waals surface area contributed by atoms with Gasteiger partial charge in [0.15, 0.2) is 0 Å². The van der Waals surface area contributed by atoms with E-state index in [0.29, 0.717) is 5.95 Å². The van der Waals surface area contributed by atoms with Crippen molar-refractivity contribution >= 4 is 5.69 Å². The number of methoxy groups -OCH3 is 2. The monoisotopic (exact) mass is 193 g/mol. The molecule has 14 heavy (non-hydrogen) atoms. The molecule has 3 nitrogen and oxygen atoms in total. The maximum Gasteiger partial charge on any atom is 0.295 e. The Bertz CT molecular complexity index is 315. The van der Waals surface area contributed by atoms with Gasteiger partial charge < -0.3 is 14.8 Å². The Morgan fingerprint density at radius 3 is 2.43 bits per heavy atom. The summed E-state index contributed by atoms with van der Waals surface area (Å²) in [6.45, 7) is 2.04. The third-order valence-corrected chi connectivity index (χ3v) is 1.89. The van der Waals surface area contributed by atoms with Crippen LogP contribution in [-0.4, -0.2) is 14.2 Å². The van der Waals surface area contributed by atoms with Crippen LogP contribution in [0, 0.1) is 6.92 Å². The third kappa shape index (κ3) is 2.69. The second-order valence-electron chi connectivity index (χ2n) is 2.83. The van der Waals surface area contributed by atoms with Crippen LogP contribution in [0.2, 0.25) is 0 Å². The topological polar surface area (TPSA) is 30.5 Å². The fourth-order valence-corrected chi connectivity index (χ4v) is 1.07. The van der Waals surface area contributed by atoms with Crippen LogP contribution in [0.1, 0.15) is 5.56 Å². The summed E-state index contributed by atoms with van der Waals surface area (Å²) >= 11 is 0. The number of nitrogens with one attached hydrogen (secondary N) is 1. The minimum absolute atomic E-state index is 0.452. The molecule has 0 saturated heterocycles.